The van der Waals surface area contributed by atoms with Gasteiger partial charge in [0.25, 0.3) is 0 Å². The molecule has 0 bridgehead atoms. The highest BCUT2D eigenvalue weighted by Crippen LogP contribution is 2.43. The zero-order chi connectivity index (χ0) is 11.4. The van der Waals surface area contributed by atoms with Crippen molar-refractivity contribution >= 4 is 5.91 Å². The van der Waals surface area contributed by atoms with E-state index in [1.807, 2.05) is 0 Å². The lowest BCUT2D eigenvalue weighted by Crippen LogP contribution is -2.41. The molecule has 1 amide bonds. The Morgan fingerprint density at radius 3 is 2.44 bits per heavy atom. The standard InChI is InChI=1S/C13H21NO2/c1-2-12(15)14-11-3-5-13(6-4-11)7-9-16-10-8-13/h2,11H,1,3-10H2,(H,14,15). The summed E-state index contributed by atoms with van der Waals surface area (Å²) in [6.45, 7) is 5.32. The number of ether oxygens (including phenoxy) is 1. The van der Waals surface area contributed by atoms with Gasteiger partial charge in [0.05, 0.1) is 0 Å². The Bertz CT molecular complexity index is 259. The third-order valence-electron chi connectivity index (χ3n) is 4.13. The van der Waals surface area contributed by atoms with Gasteiger partial charge in [-0.15, -0.1) is 0 Å². The maximum absolute atomic E-state index is 11.2. The third kappa shape index (κ3) is 2.64. The highest BCUT2D eigenvalue weighted by atomic mass is 16.5. The first kappa shape index (κ1) is 11.6. The summed E-state index contributed by atoms with van der Waals surface area (Å²) in [5.41, 5.74) is 0.521. The fourth-order valence-electron chi connectivity index (χ4n) is 2.94. The topological polar surface area (TPSA) is 38.3 Å². The van der Waals surface area contributed by atoms with Crippen molar-refractivity contribution in [1.82, 2.24) is 5.32 Å². The first-order chi connectivity index (χ1) is 7.74. The van der Waals surface area contributed by atoms with Gasteiger partial charge in [0.1, 0.15) is 0 Å². The lowest BCUT2D eigenvalue weighted by atomic mass is 9.68. The first-order valence-electron chi connectivity index (χ1n) is 6.25. The lowest BCUT2D eigenvalue weighted by molar-refractivity contribution is -0.117. The van der Waals surface area contributed by atoms with E-state index in [4.69, 9.17) is 4.74 Å². The minimum absolute atomic E-state index is 0.0343. The molecule has 1 aliphatic heterocycles. The molecular formula is C13H21NO2. The van der Waals surface area contributed by atoms with Crippen molar-refractivity contribution in [3.05, 3.63) is 12.7 Å². The molecule has 0 aromatic carbocycles. The van der Waals surface area contributed by atoms with Crippen LogP contribution in [0.2, 0.25) is 0 Å². The normalized spacial score (nSPS) is 25.2. The molecule has 16 heavy (non-hydrogen) atoms. The average Bonchev–Trinajstić information content (AvgIpc) is 2.33. The lowest BCUT2D eigenvalue weighted by Gasteiger charge is -2.42. The molecule has 1 N–H and O–H groups in total. The quantitative estimate of drug-likeness (QED) is 0.727. The summed E-state index contributed by atoms with van der Waals surface area (Å²) in [6, 6.07) is 0.360. The summed E-state index contributed by atoms with van der Waals surface area (Å²) in [7, 11) is 0. The van der Waals surface area contributed by atoms with Crippen molar-refractivity contribution in [2.45, 2.75) is 44.6 Å². The van der Waals surface area contributed by atoms with Gasteiger partial charge in [0.15, 0.2) is 0 Å². The van der Waals surface area contributed by atoms with Crippen LogP contribution in [0, 0.1) is 5.41 Å². The third-order valence-corrected chi connectivity index (χ3v) is 4.13. The predicted molar refractivity (Wildman–Crippen MR) is 63.1 cm³/mol. The van der Waals surface area contributed by atoms with Gasteiger partial charge in [0.2, 0.25) is 5.91 Å². The van der Waals surface area contributed by atoms with Crippen molar-refractivity contribution < 1.29 is 9.53 Å². The Morgan fingerprint density at radius 1 is 1.25 bits per heavy atom. The van der Waals surface area contributed by atoms with E-state index >= 15 is 0 Å². The van der Waals surface area contributed by atoms with E-state index in [9.17, 15) is 4.79 Å². The molecule has 2 aliphatic rings. The second-order valence-corrected chi connectivity index (χ2v) is 5.10. The largest absolute Gasteiger partial charge is 0.381 e. The molecule has 0 aromatic rings. The average molecular weight is 223 g/mol. The summed E-state index contributed by atoms with van der Waals surface area (Å²) in [6.07, 6.45) is 8.46. The number of hydrogen-bond acceptors (Lipinski definition) is 2. The van der Waals surface area contributed by atoms with E-state index in [0.717, 1.165) is 26.1 Å². The number of carbonyl (C=O) groups is 1. The van der Waals surface area contributed by atoms with Crippen molar-refractivity contribution in [1.29, 1.82) is 0 Å². The summed E-state index contributed by atoms with van der Waals surface area (Å²) in [5, 5.41) is 3.00. The van der Waals surface area contributed by atoms with Crippen LogP contribution in [-0.2, 0) is 9.53 Å². The molecular weight excluding hydrogens is 202 g/mol. The SMILES string of the molecule is C=CC(=O)NC1CCC2(CCOCC2)CC1. The van der Waals surface area contributed by atoms with Crippen LogP contribution in [0.5, 0.6) is 0 Å². The second kappa shape index (κ2) is 5.00. The number of hydrogen-bond donors (Lipinski definition) is 1. The van der Waals surface area contributed by atoms with Gasteiger partial charge < -0.3 is 10.1 Å². The molecule has 1 aliphatic carbocycles. The first-order valence-corrected chi connectivity index (χ1v) is 6.25. The fraction of sp³-hybridized carbons (Fsp3) is 0.769. The molecule has 0 atom stereocenters. The molecule has 1 spiro atoms. The smallest absolute Gasteiger partial charge is 0.243 e. The Labute approximate surface area is 97.2 Å². The minimum atomic E-state index is -0.0343. The number of nitrogens with one attached hydrogen (secondary N) is 1. The molecule has 1 heterocycles. The van der Waals surface area contributed by atoms with E-state index in [1.54, 1.807) is 0 Å². The Morgan fingerprint density at radius 2 is 1.88 bits per heavy atom. The zero-order valence-corrected chi connectivity index (χ0v) is 9.84. The van der Waals surface area contributed by atoms with Crippen molar-refractivity contribution in [2.24, 2.45) is 5.41 Å². The van der Waals surface area contributed by atoms with Crippen LogP contribution in [0.3, 0.4) is 0 Å². The van der Waals surface area contributed by atoms with Gasteiger partial charge >= 0.3 is 0 Å². The highest BCUT2D eigenvalue weighted by molar-refractivity contribution is 5.87. The van der Waals surface area contributed by atoms with Gasteiger partial charge in [-0.2, -0.15) is 0 Å². The Hall–Kier alpha value is -0.830. The van der Waals surface area contributed by atoms with E-state index in [2.05, 4.69) is 11.9 Å². The van der Waals surface area contributed by atoms with E-state index < -0.39 is 0 Å². The molecule has 2 rings (SSSR count). The number of carbonyl (C=O) groups excluding carboxylic acids is 1. The van der Waals surface area contributed by atoms with Crippen LogP contribution in [0.4, 0.5) is 0 Å². The van der Waals surface area contributed by atoms with E-state index in [0.29, 0.717) is 11.5 Å². The molecule has 0 radical (unpaired) electrons. The van der Waals surface area contributed by atoms with E-state index in [-0.39, 0.29) is 5.91 Å². The maximum Gasteiger partial charge on any atom is 0.243 e. The van der Waals surface area contributed by atoms with Crippen LogP contribution in [0.1, 0.15) is 38.5 Å². The second-order valence-electron chi connectivity index (χ2n) is 5.10. The highest BCUT2D eigenvalue weighted by Gasteiger charge is 2.36. The summed E-state index contributed by atoms with van der Waals surface area (Å²) >= 11 is 0. The molecule has 3 nitrogen and oxygen atoms in total. The van der Waals surface area contributed by atoms with Crippen molar-refractivity contribution in [2.75, 3.05) is 13.2 Å². The monoisotopic (exact) mass is 223 g/mol. The Balaban J connectivity index is 1.81. The van der Waals surface area contributed by atoms with Crippen molar-refractivity contribution in [3.8, 4) is 0 Å². The van der Waals surface area contributed by atoms with Gasteiger partial charge in [-0.25, -0.2) is 0 Å². The molecule has 90 valence electrons. The molecule has 1 saturated heterocycles. The molecule has 3 heteroatoms. The zero-order valence-electron chi connectivity index (χ0n) is 9.84. The van der Waals surface area contributed by atoms with Gasteiger partial charge in [-0.1, -0.05) is 6.58 Å². The van der Waals surface area contributed by atoms with E-state index in [1.165, 1.54) is 31.8 Å². The fourth-order valence-corrected chi connectivity index (χ4v) is 2.94. The summed E-state index contributed by atoms with van der Waals surface area (Å²) in [5.74, 6) is -0.0343. The van der Waals surface area contributed by atoms with Gasteiger partial charge in [-0.3, -0.25) is 4.79 Å². The maximum atomic E-state index is 11.2. The Kier molecular flexibility index (Phi) is 3.64. The number of amides is 1. The molecule has 1 saturated carbocycles. The van der Waals surface area contributed by atoms with Gasteiger partial charge in [-0.05, 0) is 50.0 Å². The van der Waals surface area contributed by atoms with Gasteiger partial charge in [0, 0.05) is 19.3 Å². The van der Waals surface area contributed by atoms with Crippen LogP contribution in [0.15, 0.2) is 12.7 Å². The van der Waals surface area contributed by atoms with Crippen LogP contribution < -0.4 is 5.32 Å². The molecule has 0 unspecified atom stereocenters. The molecule has 2 fully saturated rings. The minimum Gasteiger partial charge on any atom is -0.381 e. The van der Waals surface area contributed by atoms with Crippen molar-refractivity contribution in [3.63, 3.8) is 0 Å². The summed E-state index contributed by atoms with van der Waals surface area (Å²) in [4.78, 5) is 11.2. The predicted octanol–water partition coefficient (Wildman–Crippen LogP) is 2.03. The summed E-state index contributed by atoms with van der Waals surface area (Å²) < 4.78 is 5.42. The molecule has 0 aromatic heterocycles. The number of rotatable bonds is 2. The van der Waals surface area contributed by atoms with Crippen LogP contribution in [-0.4, -0.2) is 25.2 Å². The van der Waals surface area contributed by atoms with Crippen LogP contribution in [0.25, 0.3) is 0 Å². The van der Waals surface area contributed by atoms with Crippen LogP contribution >= 0.6 is 0 Å².